The van der Waals surface area contributed by atoms with Crippen molar-refractivity contribution < 1.29 is 4.79 Å². The summed E-state index contributed by atoms with van der Waals surface area (Å²) in [7, 11) is 0. The lowest BCUT2D eigenvalue weighted by molar-refractivity contribution is -0.122. The summed E-state index contributed by atoms with van der Waals surface area (Å²) in [6, 6.07) is 5.69. The Kier molecular flexibility index (Phi) is 5.08. The fraction of sp³-hybridized carbons (Fsp3) is 0.467. The fourth-order valence-electron chi connectivity index (χ4n) is 1.75. The highest BCUT2D eigenvalue weighted by atomic mass is 16.1. The van der Waals surface area contributed by atoms with Gasteiger partial charge in [-0.25, -0.2) is 0 Å². The molecule has 1 aromatic heterocycles. The lowest BCUT2D eigenvalue weighted by atomic mass is 9.84. The van der Waals surface area contributed by atoms with Crippen molar-refractivity contribution in [2.24, 2.45) is 5.41 Å². The van der Waals surface area contributed by atoms with Crippen molar-refractivity contribution in [3.63, 3.8) is 0 Å². The molecule has 1 aromatic rings. The van der Waals surface area contributed by atoms with Gasteiger partial charge in [0.1, 0.15) is 0 Å². The van der Waals surface area contributed by atoms with Gasteiger partial charge in [-0.15, -0.1) is 6.58 Å². The van der Waals surface area contributed by atoms with Crippen molar-refractivity contribution in [2.45, 2.75) is 39.7 Å². The van der Waals surface area contributed by atoms with Gasteiger partial charge in [0.15, 0.2) is 0 Å². The molecule has 0 fully saturated rings. The number of carbonyl (C=O) groups is 1. The average Bonchev–Trinajstić information content (AvgIpc) is 2.33. The van der Waals surface area contributed by atoms with Crippen LogP contribution in [0.1, 0.15) is 45.3 Å². The van der Waals surface area contributed by atoms with Crippen LogP contribution in [0, 0.1) is 5.41 Å². The monoisotopic (exact) mass is 246 g/mol. The molecule has 1 heterocycles. The topological polar surface area (TPSA) is 42.0 Å². The zero-order valence-corrected chi connectivity index (χ0v) is 11.4. The van der Waals surface area contributed by atoms with Crippen LogP contribution in [0.4, 0.5) is 0 Å². The summed E-state index contributed by atoms with van der Waals surface area (Å²) in [5.41, 5.74) is 0.829. The van der Waals surface area contributed by atoms with Crippen LogP contribution < -0.4 is 5.32 Å². The van der Waals surface area contributed by atoms with Crippen LogP contribution in [0.5, 0.6) is 0 Å². The Hall–Kier alpha value is -1.64. The van der Waals surface area contributed by atoms with Crippen LogP contribution >= 0.6 is 0 Å². The molecule has 1 amide bonds. The summed E-state index contributed by atoms with van der Waals surface area (Å²) < 4.78 is 0. The Morgan fingerprint density at radius 2 is 2.22 bits per heavy atom. The van der Waals surface area contributed by atoms with Gasteiger partial charge in [-0.1, -0.05) is 32.9 Å². The van der Waals surface area contributed by atoms with E-state index >= 15 is 0 Å². The molecule has 1 rings (SSSR count). The third kappa shape index (κ3) is 4.32. The number of carbonyl (C=O) groups excluding carboxylic acids is 1. The van der Waals surface area contributed by atoms with Crippen molar-refractivity contribution in [1.29, 1.82) is 0 Å². The Bertz CT molecular complexity index is 393. The van der Waals surface area contributed by atoms with Crippen LogP contribution in [0.2, 0.25) is 0 Å². The summed E-state index contributed by atoms with van der Waals surface area (Å²) in [6.07, 6.45) is 4.68. The molecule has 3 nitrogen and oxygen atoms in total. The molecule has 1 unspecified atom stereocenters. The predicted molar refractivity (Wildman–Crippen MR) is 74.0 cm³/mol. The molecular weight excluding hydrogens is 224 g/mol. The van der Waals surface area contributed by atoms with E-state index in [1.807, 2.05) is 18.2 Å². The maximum atomic E-state index is 11.8. The minimum Gasteiger partial charge on any atom is -0.347 e. The quantitative estimate of drug-likeness (QED) is 0.810. The van der Waals surface area contributed by atoms with Crippen molar-refractivity contribution in [3.05, 3.63) is 42.7 Å². The van der Waals surface area contributed by atoms with Crippen LogP contribution in [0.15, 0.2) is 37.1 Å². The van der Waals surface area contributed by atoms with Gasteiger partial charge in [-0.05, 0) is 24.0 Å². The van der Waals surface area contributed by atoms with E-state index < -0.39 is 0 Å². The van der Waals surface area contributed by atoms with E-state index in [1.54, 1.807) is 12.3 Å². The molecule has 0 saturated carbocycles. The zero-order valence-electron chi connectivity index (χ0n) is 11.4. The highest BCUT2D eigenvalue weighted by Crippen LogP contribution is 2.31. The van der Waals surface area contributed by atoms with Gasteiger partial charge < -0.3 is 5.32 Å². The highest BCUT2D eigenvalue weighted by Gasteiger charge is 2.28. The van der Waals surface area contributed by atoms with Gasteiger partial charge in [0.05, 0.1) is 11.7 Å². The fourth-order valence-corrected chi connectivity index (χ4v) is 1.75. The summed E-state index contributed by atoms with van der Waals surface area (Å²) >= 11 is 0. The van der Waals surface area contributed by atoms with Gasteiger partial charge >= 0.3 is 0 Å². The van der Waals surface area contributed by atoms with E-state index in [-0.39, 0.29) is 17.4 Å². The number of hydrogen-bond acceptors (Lipinski definition) is 2. The summed E-state index contributed by atoms with van der Waals surface area (Å²) in [5.74, 6) is 0.0421. The normalized spacial score (nSPS) is 12.8. The Balaban J connectivity index is 2.81. The second-order valence-corrected chi connectivity index (χ2v) is 5.45. The first-order valence-electron chi connectivity index (χ1n) is 6.26. The summed E-state index contributed by atoms with van der Waals surface area (Å²) in [6.45, 7) is 9.92. The first-order valence-corrected chi connectivity index (χ1v) is 6.26. The molecule has 0 aliphatic carbocycles. The highest BCUT2D eigenvalue weighted by molar-refractivity contribution is 5.76. The van der Waals surface area contributed by atoms with Gasteiger partial charge in [-0.3, -0.25) is 9.78 Å². The lowest BCUT2D eigenvalue weighted by Crippen LogP contribution is -2.37. The smallest absolute Gasteiger partial charge is 0.220 e. The minimum atomic E-state index is -0.0731. The molecule has 0 aliphatic heterocycles. The van der Waals surface area contributed by atoms with Crippen LogP contribution in [-0.2, 0) is 4.79 Å². The first kappa shape index (κ1) is 14.4. The molecular formula is C15H22N2O. The number of pyridine rings is 1. The number of allylic oxidation sites excluding steroid dienone is 1. The second-order valence-electron chi connectivity index (χ2n) is 5.45. The zero-order chi connectivity index (χ0) is 13.6. The standard InChI is InChI=1S/C15H22N2O/c1-5-6-10-13(18)17-14(15(2,3)4)12-9-7-8-11-16-12/h5,7-9,11,14H,1,6,10H2,2-4H3,(H,17,18). The predicted octanol–water partition coefficient (Wildman–Crippen LogP) is 3.25. The third-order valence-corrected chi connectivity index (χ3v) is 2.73. The number of hydrogen-bond donors (Lipinski definition) is 1. The Morgan fingerprint density at radius 1 is 1.50 bits per heavy atom. The number of nitrogens with one attached hydrogen (secondary N) is 1. The number of rotatable bonds is 5. The third-order valence-electron chi connectivity index (χ3n) is 2.73. The molecule has 1 atom stereocenters. The van der Waals surface area contributed by atoms with Gasteiger partial charge in [0.25, 0.3) is 0 Å². The summed E-state index contributed by atoms with van der Waals surface area (Å²) in [5, 5.41) is 3.06. The molecule has 98 valence electrons. The molecule has 0 saturated heterocycles. The first-order chi connectivity index (χ1) is 8.45. The van der Waals surface area contributed by atoms with Gasteiger partial charge in [-0.2, -0.15) is 0 Å². The van der Waals surface area contributed by atoms with Crippen molar-refractivity contribution in [1.82, 2.24) is 10.3 Å². The molecule has 0 radical (unpaired) electrons. The van der Waals surface area contributed by atoms with Crippen LogP contribution in [-0.4, -0.2) is 10.9 Å². The van der Waals surface area contributed by atoms with Crippen LogP contribution in [0.25, 0.3) is 0 Å². The van der Waals surface area contributed by atoms with Gasteiger partial charge in [0, 0.05) is 12.6 Å². The maximum absolute atomic E-state index is 11.8. The molecule has 0 spiro atoms. The molecule has 0 aromatic carbocycles. The van der Waals surface area contributed by atoms with Crippen molar-refractivity contribution in [2.75, 3.05) is 0 Å². The minimum absolute atomic E-state index is 0.0421. The number of aromatic nitrogens is 1. The Labute approximate surface area is 109 Å². The second kappa shape index (κ2) is 6.34. The van der Waals surface area contributed by atoms with E-state index in [9.17, 15) is 4.79 Å². The van der Waals surface area contributed by atoms with Crippen molar-refractivity contribution >= 4 is 5.91 Å². The molecule has 3 heteroatoms. The Morgan fingerprint density at radius 3 is 2.72 bits per heavy atom. The van der Waals surface area contributed by atoms with Gasteiger partial charge in [0.2, 0.25) is 5.91 Å². The summed E-state index contributed by atoms with van der Waals surface area (Å²) in [4.78, 5) is 16.2. The lowest BCUT2D eigenvalue weighted by Gasteiger charge is -2.31. The maximum Gasteiger partial charge on any atom is 0.220 e. The van der Waals surface area contributed by atoms with E-state index in [1.165, 1.54) is 0 Å². The molecule has 0 aliphatic rings. The average molecular weight is 246 g/mol. The molecule has 18 heavy (non-hydrogen) atoms. The van der Waals surface area contributed by atoms with E-state index in [4.69, 9.17) is 0 Å². The molecule has 0 bridgehead atoms. The van der Waals surface area contributed by atoms with Crippen LogP contribution in [0.3, 0.4) is 0 Å². The SMILES string of the molecule is C=CCCC(=O)NC(c1ccccn1)C(C)(C)C. The van der Waals surface area contributed by atoms with Crippen molar-refractivity contribution in [3.8, 4) is 0 Å². The largest absolute Gasteiger partial charge is 0.347 e. The van der Waals surface area contributed by atoms with E-state index in [0.29, 0.717) is 12.8 Å². The number of amides is 1. The molecule has 1 N–H and O–H groups in total. The van der Waals surface area contributed by atoms with E-state index in [2.05, 4.69) is 37.7 Å². The van der Waals surface area contributed by atoms with E-state index in [0.717, 1.165) is 5.69 Å². The number of nitrogens with zero attached hydrogens (tertiary/aromatic N) is 1.